The van der Waals surface area contributed by atoms with Crippen LogP contribution in [0, 0.1) is 0 Å². The Labute approximate surface area is 177 Å². The Morgan fingerprint density at radius 2 is 1.77 bits per heavy atom. The molecule has 0 radical (unpaired) electrons. The first-order valence-electron chi connectivity index (χ1n) is 10.5. The molecule has 0 atom stereocenters. The van der Waals surface area contributed by atoms with Crippen molar-refractivity contribution < 1.29 is 9.47 Å². The maximum Gasteiger partial charge on any atom is 0.213 e. The minimum absolute atomic E-state index is 0.0371. The summed E-state index contributed by atoms with van der Waals surface area (Å²) < 4.78 is 12.4. The first-order valence-corrected chi connectivity index (χ1v) is 10.5. The molecule has 156 valence electrons. The van der Waals surface area contributed by atoms with Crippen molar-refractivity contribution in [3.8, 4) is 33.9 Å². The van der Waals surface area contributed by atoms with Gasteiger partial charge in [0.05, 0.1) is 11.9 Å². The molecule has 6 heteroatoms. The fourth-order valence-electron chi connectivity index (χ4n) is 4.98. The fraction of sp³-hybridized carbons (Fsp3) is 0.417. The molecule has 0 amide bonds. The van der Waals surface area contributed by atoms with E-state index in [-0.39, 0.29) is 17.2 Å². The molecule has 0 spiro atoms. The van der Waals surface area contributed by atoms with E-state index in [0.717, 1.165) is 46.5 Å². The summed E-state index contributed by atoms with van der Waals surface area (Å²) in [6.07, 6.45) is 5.73. The van der Waals surface area contributed by atoms with Gasteiger partial charge in [0.2, 0.25) is 5.88 Å². The average Bonchev–Trinajstić information content (AvgIpc) is 3.19. The summed E-state index contributed by atoms with van der Waals surface area (Å²) in [5.74, 6) is 1.55. The molecule has 3 aromatic rings. The van der Waals surface area contributed by atoms with Gasteiger partial charge in [-0.15, -0.1) is 0 Å². The van der Waals surface area contributed by atoms with Gasteiger partial charge in [0, 0.05) is 52.9 Å². The normalized spacial score (nSPS) is 19.5. The van der Waals surface area contributed by atoms with Gasteiger partial charge >= 0.3 is 0 Å². The third-order valence-electron chi connectivity index (χ3n) is 5.86. The second-order valence-corrected chi connectivity index (χ2v) is 9.67. The lowest BCUT2D eigenvalue weighted by Crippen LogP contribution is -2.60. The van der Waals surface area contributed by atoms with Gasteiger partial charge in [-0.1, -0.05) is 6.07 Å². The Balaban J connectivity index is 1.39. The zero-order chi connectivity index (χ0) is 20.9. The van der Waals surface area contributed by atoms with Crippen LogP contribution in [0.3, 0.4) is 0 Å². The van der Waals surface area contributed by atoms with E-state index in [2.05, 4.69) is 67.5 Å². The van der Waals surface area contributed by atoms with E-state index < -0.39 is 0 Å². The van der Waals surface area contributed by atoms with Crippen LogP contribution in [-0.4, -0.2) is 32.4 Å². The van der Waals surface area contributed by atoms with E-state index in [4.69, 9.17) is 14.5 Å². The van der Waals surface area contributed by atoms with Gasteiger partial charge in [-0.2, -0.15) is 5.10 Å². The molecule has 0 aliphatic carbocycles. The molecular formula is C24H28N4O2. The van der Waals surface area contributed by atoms with Crippen LogP contribution in [0.5, 0.6) is 11.6 Å². The van der Waals surface area contributed by atoms with Crippen LogP contribution < -0.4 is 14.8 Å². The van der Waals surface area contributed by atoms with Crippen molar-refractivity contribution in [3.05, 3.63) is 48.4 Å². The molecule has 6 nitrogen and oxygen atoms in total. The van der Waals surface area contributed by atoms with Crippen molar-refractivity contribution in [1.82, 2.24) is 20.5 Å². The summed E-state index contributed by atoms with van der Waals surface area (Å²) >= 11 is 0. The summed E-state index contributed by atoms with van der Waals surface area (Å²) in [6.45, 7) is 9.36. The quantitative estimate of drug-likeness (QED) is 0.661. The third-order valence-corrected chi connectivity index (χ3v) is 5.86. The molecule has 0 saturated carbocycles. The van der Waals surface area contributed by atoms with Crippen molar-refractivity contribution >= 4 is 0 Å². The third kappa shape index (κ3) is 3.67. The highest BCUT2D eigenvalue weighted by Crippen LogP contribution is 2.40. The molecule has 1 aromatic carbocycles. The highest BCUT2D eigenvalue weighted by atomic mass is 16.5. The van der Waals surface area contributed by atoms with Crippen LogP contribution >= 0.6 is 0 Å². The number of benzene rings is 1. The lowest BCUT2D eigenvalue weighted by Gasteiger charge is -2.46. The molecule has 5 rings (SSSR count). The van der Waals surface area contributed by atoms with Gasteiger partial charge in [-0.25, -0.2) is 4.98 Å². The number of hydrogen-bond donors (Lipinski definition) is 2. The number of nitrogens with zero attached hydrogens (tertiary/aromatic N) is 2. The van der Waals surface area contributed by atoms with Crippen LogP contribution in [0.1, 0.15) is 46.2 Å². The van der Waals surface area contributed by atoms with Gasteiger partial charge in [0.15, 0.2) is 0 Å². The number of ether oxygens (including phenoxy) is 2. The van der Waals surface area contributed by atoms with Gasteiger partial charge in [-0.3, -0.25) is 5.10 Å². The van der Waals surface area contributed by atoms with E-state index in [0.29, 0.717) is 12.5 Å². The zero-order valence-electron chi connectivity index (χ0n) is 18.0. The largest absolute Gasteiger partial charge is 0.487 e. The number of fused-ring (bicyclic) bond motifs is 3. The minimum Gasteiger partial charge on any atom is -0.487 e. The molecule has 4 heterocycles. The monoisotopic (exact) mass is 404 g/mol. The predicted molar refractivity (Wildman–Crippen MR) is 117 cm³/mol. The number of H-pyrrole nitrogens is 1. The first-order chi connectivity index (χ1) is 14.3. The summed E-state index contributed by atoms with van der Waals surface area (Å²) in [5, 5.41) is 10.6. The van der Waals surface area contributed by atoms with E-state index in [9.17, 15) is 0 Å². The molecule has 2 N–H and O–H groups in total. The van der Waals surface area contributed by atoms with E-state index in [1.165, 1.54) is 0 Å². The van der Waals surface area contributed by atoms with Crippen molar-refractivity contribution in [2.75, 3.05) is 0 Å². The van der Waals surface area contributed by atoms with Crippen molar-refractivity contribution in [1.29, 1.82) is 0 Å². The molecule has 2 aliphatic heterocycles. The molecule has 0 bridgehead atoms. The van der Waals surface area contributed by atoms with Crippen LogP contribution in [0.4, 0.5) is 0 Å². The Hall–Kier alpha value is -2.86. The highest BCUT2D eigenvalue weighted by Gasteiger charge is 2.39. The van der Waals surface area contributed by atoms with Gasteiger partial charge in [0.25, 0.3) is 0 Å². The Morgan fingerprint density at radius 1 is 1.00 bits per heavy atom. The summed E-state index contributed by atoms with van der Waals surface area (Å²) in [6, 6.07) is 10.3. The van der Waals surface area contributed by atoms with Crippen LogP contribution in [0.2, 0.25) is 0 Å². The van der Waals surface area contributed by atoms with Crippen LogP contribution in [0.25, 0.3) is 22.3 Å². The smallest absolute Gasteiger partial charge is 0.213 e. The Morgan fingerprint density at radius 3 is 2.50 bits per heavy atom. The van der Waals surface area contributed by atoms with Crippen LogP contribution in [0.15, 0.2) is 42.7 Å². The fourth-order valence-corrected chi connectivity index (χ4v) is 4.98. The lowest BCUT2D eigenvalue weighted by molar-refractivity contribution is 0.0527. The number of nitrogens with one attached hydrogen (secondary N) is 2. The predicted octanol–water partition coefficient (Wildman–Crippen LogP) is 4.72. The van der Waals surface area contributed by atoms with Gasteiger partial charge < -0.3 is 14.8 Å². The number of rotatable bonds is 3. The summed E-state index contributed by atoms with van der Waals surface area (Å²) in [7, 11) is 0. The van der Waals surface area contributed by atoms with E-state index >= 15 is 0 Å². The number of hydrogen-bond acceptors (Lipinski definition) is 5. The number of aromatic nitrogens is 3. The second-order valence-electron chi connectivity index (χ2n) is 9.67. The molecule has 2 aliphatic rings. The Bertz CT molecular complexity index is 1060. The van der Waals surface area contributed by atoms with Gasteiger partial charge in [0.1, 0.15) is 18.5 Å². The number of piperidine rings is 1. The highest BCUT2D eigenvalue weighted by molar-refractivity contribution is 5.78. The molecule has 2 aromatic heterocycles. The maximum absolute atomic E-state index is 6.33. The molecule has 1 saturated heterocycles. The minimum atomic E-state index is 0.0371. The SMILES string of the molecule is CC1(C)CC(Oc2ccc3c(n2)COc2cc(-c4cn[nH]c4)ccc2-3)CC(C)(C)N1. The molecular weight excluding hydrogens is 376 g/mol. The second kappa shape index (κ2) is 6.84. The molecule has 1 fully saturated rings. The van der Waals surface area contributed by atoms with E-state index in [1.807, 2.05) is 18.5 Å². The first kappa shape index (κ1) is 19.1. The standard InChI is InChI=1S/C24H28N4O2/c1-23(2)10-17(11-24(3,4)28-23)30-22-8-7-18-19-6-5-15(16-12-25-26-13-16)9-21(19)29-14-20(18)27-22/h5-9,12-13,17,28H,10-11,14H2,1-4H3,(H,25,26). The summed E-state index contributed by atoms with van der Waals surface area (Å²) in [4.78, 5) is 4.79. The molecule has 30 heavy (non-hydrogen) atoms. The van der Waals surface area contributed by atoms with Crippen molar-refractivity contribution in [3.63, 3.8) is 0 Å². The van der Waals surface area contributed by atoms with Gasteiger partial charge in [-0.05, 0) is 51.5 Å². The topological polar surface area (TPSA) is 72.1 Å². The maximum atomic E-state index is 6.33. The Kier molecular flexibility index (Phi) is 4.36. The van der Waals surface area contributed by atoms with Crippen molar-refractivity contribution in [2.45, 2.75) is 64.3 Å². The van der Waals surface area contributed by atoms with E-state index in [1.54, 1.807) is 0 Å². The lowest BCUT2D eigenvalue weighted by atomic mass is 9.81. The summed E-state index contributed by atoms with van der Waals surface area (Å²) in [5.41, 5.74) is 5.28. The molecule has 0 unspecified atom stereocenters. The number of pyridine rings is 1. The van der Waals surface area contributed by atoms with Crippen LogP contribution in [-0.2, 0) is 6.61 Å². The zero-order valence-corrected chi connectivity index (χ0v) is 18.0. The van der Waals surface area contributed by atoms with Crippen molar-refractivity contribution in [2.24, 2.45) is 0 Å². The average molecular weight is 405 g/mol. The number of aromatic amines is 1.